The monoisotopic (exact) mass is 251 g/mol. The zero-order valence-electron chi connectivity index (χ0n) is 11.1. The number of aryl methyl sites for hydroxylation is 2. The second-order valence-corrected chi connectivity index (χ2v) is 4.63. The molecule has 0 saturated carbocycles. The van der Waals surface area contributed by atoms with Gasteiger partial charge in [0.1, 0.15) is 0 Å². The Bertz CT molecular complexity index is 418. The average Bonchev–Trinajstić information content (AvgIpc) is 2.29. The standard InChI is InChI=1S/C14H21NO3/c1-9-4-5-11(10(2)8-9)14(18)12(15-3)6-7-13(16)17/h4-5,8,12,14-15,18H,6-7H2,1-3H3,(H,16,17). The molecule has 3 N–H and O–H groups in total. The molecule has 1 rings (SSSR count). The van der Waals surface area contributed by atoms with E-state index in [2.05, 4.69) is 5.32 Å². The van der Waals surface area contributed by atoms with E-state index < -0.39 is 12.1 Å². The molecule has 0 heterocycles. The quantitative estimate of drug-likeness (QED) is 0.721. The minimum Gasteiger partial charge on any atom is -0.481 e. The molecule has 0 saturated heterocycles. The number of rotatable bonds is 6. The number of likely N-dealkylation sites (N-methyl/N-ethyl adjacent to an activating group) is 1. The molecule has 0 amide bonds. The summed E-state index contributed by atoms with van der Waals surface area (Å²) in [6, 6.07) is 5.63. The number of aliphatic hydroxyl groups is 1. The Morgan fingerprint density at radius 3 is 2.56 bits per heavy atom. The molecular weight excluding hydrogens is 230 g/mol. The molecule has 0 fully saturated rings. The van der Waals surface area contributed by atoms with Crippen LogP contribution in [0.25, 0.3) is 0 Å². The van der Waals surface area contributed by atoms with Gasteiger partial charge in [0.05, 0.1) is 6.10 Å². The SMILES string of the molecule is CNC(CCC(=O)O)C(O)c1ccc(C)cc1C. The summed E-state index contributed by atoms with van der Waals surface area (Å²) in [6.45, 7) is 3.96. The maximum Gasteiger partial charge on any atom is 0.303 e. The van der Waals surface area contributed by atoms with Crippen LogP contribution in [0.4, 0.5) is 0 Å². The van der Waals surface area contributed by atoms with Gasteiger partial charge in [-0.15, -0.1) is 0 Å². The molecule has 1 aromatic carbocycles. The molecule has 0 aliphatic heterocycles. The molecular formula is C14H21NO3. The first-order valence-electron chi connectivity index (χ1n) is 6.10. The van der Waals surface area contributed by atoms with E-state index in [0.29, 0.717) is 6.42 Å². The van der Waals surface area contributed by atoms with E-state index in [1.807, 2.05) is 32.0 Å². The van der Waals surface area contributed by atoms with Crippen molar-refractivity contribution in [3.8, 4) is 0 Å². The van der Waals surface area contributed by atoms with Crippen molar-refractivity contribution in [2.75, 3.05) is 7.05 Å². The summed E-state index contributed by atoms with van der Waals surface area (Å²) >= 11 is 0. The molecule has 2 atom stereocenters. The summed E-state index contributed by atoms with van der Waals surface area (Å²) in [4.78, 5) is 10.6. The largest absolute Gasteiger partial charge is 0.481 e. The summed E-state index contributed by atoms with van der Waals surface area (Å²) in [5.74, 6) is -0.844. The number of aliphatic carboxylic acids is 1. The lowest BCUT2D eigenvalue weighted by molar-refractivity contribution is -0.137. The minimum atomic E-state index is -0.844. The summed E-state index contributed by atoms with van der Waals surface area (Å²) < 4.78 is 0. The molecule has 0 radical (unpaired) electrons. The van der Waals surface area contributed by atoms with Crippen LogP contribution in [-0.2, 0) is 4.79 Å². The Kier molecular flexibility index (Phi) is 5.31. The van der Waals surface area contributed by atoms with Crippen LogP contribution in [0.3, 0.4) is 0 Å². The maximum atomic E-state index is 10.6. The molecule has 4 nitrogen and oxygen atoms in total. The Balaban J connectivity index is 2.82. The fraction of sp³-hybridized carbons (Fsp3) is 0.500. The number of aliphatic hydroxyl groups excluding tert-OH is 1. The molecule has 0 bridgehead atoms. The van der Waals surface area contributed by atoms with Gasteiger partial charge in [-0.25, -0.2) is 0 Å². The average molecular weight is 251 g/mol. The Morgan fingerprint density at radius 1 is 1.39 bits per heavy atom. The topological polar surface area (TPSA) is 69.6 Å². The van der Waals surface area contributed by atoms with Crippen LogP contribution in [0.2, 0.25) is 0 Å². The normalized spacial score (nSPS) is 14.2. The number of hydrogen-bond acceptors (Lipinski definition) is 3. The number of carboxylic acids is 1. The first kappa shape index (κ1) is 14.7. The highest BCUT2D eigenvalue weighted by Crippen LogP contribution is 2.23. The molecule has 1 aromatic rings. The van der Waals surface area contributed by atoms with Crippen molar-refractivity contribution in [1.29, 1.82) is 0 Å². The van der Waals surface area contributed by atoms with Gasteiger partial charge in [-0.3, -0.25) is 4.79 Å². The van der Waals surface area contributed by atoms with Crippen molar-refractivity contribution in [1.82, 2.24) is 5.32 Å². The van der Waals surface area contributed by atoms with Crippen LogP contribution in [0.15, 0.2) is 18.2 Å². The third-order valence-electron chi connectivity index (χ3n) is 3.17. The zero-order chi connectivity index (χ0) is 13.7. The highest BCUT2D eigenvalue weighted by molar-refractivity contribution is 5.66. The van der Waals surface area contributed by atoms with Gasteiger partial charge in [0, 0.05) is 12.5 Å². The van der Waals surface area contributed by atoms with E-state index in [4.69, 9.17) is 5.11 Å². The second kappa shape index (κ2) is 6.52. The van der Waals surface area contributed by atoms with Crippen molar-refractivity contribution in [3.63, 3.8) is 0 Å². The molecule has 4 heteroatoms. The number of carbonyl (C=O) groups is 1. The van der Waals surface area contributed by atoms with Crippen LogP contribution in [-0.4, -0.2) is 29.3 Å². The molecule has 100 valence electrons. The number of carboxylic acid groups (broad SMARTS) is 1. The minimum absolute atomic E-state index is 0.0491. The summed E-state index contributed by atoms with van der Waals surface area (Å²) in [7, 11) is 1.74. The molecule has 18 heavy (non-hydrogen) atoms. The van der Waals surface area contributed by atoms with Gasteiger partial charge in [0.25, 0.3) is 0 Å². The van der Waals surface area contributed by atoms with Gasteiger partial charge in [-0.05, 0) is 38.4 Å². The highest BCUT2D eigenvalue weighted by Gasteiger charge is 2.21. The van der Waals surface area contributed by atoms with Crippen molar-refractivity contribution in [2.45, 2.75) is 38.8 Å². The summed E-state index contributed by atoms with van der Waals surface area (Å²) in [5.41, 5.74) is 3.03. The maximum absolute atomic E-state index is 10.6. The predicted octanol–water partition coefficient (Wildman–Crippen LogP) is 1.79. The fourth-order valence-corrected chi connectivity index (χ4v) is 2.11. The van der Waals surface area contributed by atoms with E-state index in [-0.39, 0.29) is 12.5 Å². The molecule has 0 aliphatic rings. The van der Waals surface area contributed by atoms with E-state index >= 15 is 0 Å². The van der Waals surface area contributed by atoms with Gasteiger partial charge in [0.2, 0.25) is 0 Å². The Morgan fingerprint density at radius 2 is 2.06 bits per heavy atom. The third-order valence-corrected chi connectivity index (χ3v) is 3.17. The summed E-state index contributed by atoms with van der Waals surface area (Å²) in [5, 5.41) is 22.0. The van der Waals surface area contributed by atoms with E-state index in [1.54, 1.807) is 7.05 Å². The first-order chi connectivity index (χ1) is 8.45. The van der Waals surface area contributed by atoms with Crippen LogP contribution >= 0.6 is 0 Å². The lowest BCUT2D eigenvalue weighted by atomic mass is 9.94. The number of nitrogens with one attached hydrogen (secondary N) is 1. The number of benzene rings is 1. The van der Waals surface area contributed by atoms with Gasteiger partial charge in [0.15, 0.2) is 0 Å². The number of hydrogen-bond donors (Lipinski definition) is 3. The lowest BCUT2D eigenvalue weighted by Crippen LogP contribution is -2.33. The third kappa shape index (κ3) is 3.82. The smallest absolute Gasteiger partial charge is 0.303 e. The zero-order valence-corrected chi connectivity index (χ0v) is 11.1. The first-order valence-corrected chi connectivity index (χ1v) is 6.10. The van der Waals surface area contributed by atoms with Crippen LogP contribution in [0.1, 0.15) is 35.6 Å². The van der Waals surface area contributed by atoms with Crippen molar-refractivity contribution in [3.05, 3.63) is 34.9 Å². The van der Waals surface area contributed by atoms with Gasteiger partial charge >= 0.3 is 5.97 Å². The summed E-state index contributed by atoms with van der Waals surface area (Å²) in [6.07, 6.45) is -0.233. The van der Waals surface area contributed by atoms with E-state index in [9.17, 15) is 9.90 Å². The van der Waals surface area contributed by atoms with Crippen LogP contribution in [0, 0.1) is 13.8 Å². The van der Waals surface area contributed by atoms with Crippen LogP contribution < -0.4 is 5.32 Å². The highest BCUT2D eigenvalue weighted by atomic mass is 16.4. The van der Waals surface area contributed by atoms with E-state index in [1.165, 1.54) is 0 Å². The molecule has 0 spiro atoms. The van der Waals surface area contributed by atoms with Gasteiger partial charge in [-0.1, -0.05) is 23.8 Å². The Hall–Kier alpha value is -1.39. The molecule has 2 unspecified atom stereocenters. The van der Waals surface area contributed by atoms with Crippen LogP contribution in [0.5, 0.6) is 0 Å². The molecule has 0 aliphatic carbocycles. The van der Waals surface area contributed by atoms with Gasteiger partial charge in [-0.2, -0.15) is 0 Å². The predicted molar refractivity (Wildman–Crippen MR) is 70.6 cm³/mol. The van der Waals surface area contributed by atoms with Crippen molar-refractivity contribution >= 4 is 5.97 Å². The fourth-order valence-electron chi connectivity index (χ4n) is 2.11. The lowest BCUT2D eigenvalue weighted by Gasteiger charge is -2.23. The second-order valence-electron chi connectivity index (χ2n) is 4.63. The van der Waals surface area contributed by atoms with E-state index in [0.717, 1.165) is 16.7 Å². The van der Waals surface area contributed by atoms with Crippen molar-refractivity contribution in [2.24, 2.45) is 0 Å². The molecule has 0 aromatic heterocycles. The Labute approximate surface area is 108 Å². The van der Waals surface area contributed by atoms with Crippen molar-refractivity contribution < 1.29 is 15.0 Å². The van der Waals surface area contributed by atoms with Gasteiger partial charge < -0.3 is 15.5 Å².